The van der Waals surface area contributed by atoms with Gasteiger partial charge in [0.1, 0.15) is 0 Å². The Hall–Kier alpha value is -1.32. The molecule has 0 saturated carbocycles. The largest absolute Gasteiger partial charge is 0.475 e. The van der Waals surface area contributed by atoms with E-state index in [1.54, 1.807) is 0 Å². The van der Waals surface area contributed by atoms with Crippen LogP contribution in [0.15, 0.2) is 0 Å². The number of fused-ring (bicyclic) bond motifs is 1. The third kappa shape index (κ3) is 1.72. The van der Waals surface area contributed by atoms with Gasteiger partial charge in [-0.3, -0.25) is 0 Å². The standard InChI is InChI=1S/C12H18N2O2/c1-12(2,3)9-8-6-4-5-7-14(8)10(13-9)11(15)16/h4-7H2,1-3H3,(H,15,16). The SMILES string of the molecule is CC(C)(C)c1nc(C(=O)O)n2c1CCCC2. The summed E-state index contributed by atoms with van der Waals surface area (Å²) in [5, 5.41) is 9.14. The highest BCUT2D eigenvalue weighted by Crippen LogP contribution is 2.29. The molecule has 1 aliphatic rings. The first-order valence-electron chi connectivity index (χ1n) is 5.74. The highest BCUT2D eigenvalue weighted by atomic mass is 16.4. The minimum Gasteiger partial charge on any atom is -0.475 e. The summed E-state index contributed by atoms with van der Waals surface area (Å²) in [5.74, 6) is -0.710. The quantitative estimate of drug-likeness (QED) is 0.792. The molecule has 2 rings (SSSR count). The molecule has 1 N–H and O–H groups in total. The van der Waals surface area contributed by atoms with Crippen molar-refractivity contribution in [3.8, 4) is 0 Å². The molecule has 2 heterocycles. The first-order valence-corrected chi connectivity index (χ1v) is 5.74. The van der Waals surface area contributed by atoms with Crippen LogP contribution < -0.4 is 0 Å². The minimum absolute atomic E-state index is 0.0812. The van der Waals surface area contributed by atoms with Crippen LogP contribution in [0.4, 0.5) is 0 Å². The lowest BCUT2D eigenvalue weighted by Gasteiger charge is -2.21. The van der Waals surface area contributed by atoms with Crippen LogP contribution in [0.25, 0.3) is 0 Å². The Balaban J connectivity index is 2.59. The smallest absolute Gasteiger partial charge is 0.372 e. The van der Waals surface area contributed by atoms with Gasteiger partial charge in [-0.2, -0.15) is 0 Å². The number of imidazole rings is 1. The van der Waals surface area contributed by atoms with Crippen molar-refractivity contribution in [2.75, 3.05) is 0 Å². The zero-order valence-corrected chi connectivity index (χ0v) is 10.1. The zero-order chi connectivity index (χ0) is 11.9. The summed E-state index contributed by atoms with van der Waals surface area (Å²) in [6.07, 6.45) is 3.13. The van der Waals surface area contributed by atoms with Crippen LogP contribution in [-0.2, 0) is 18.4 Å². The fourth-order valence-corrected chi connectivity index (χ4v) is 2.31. The van der Waals surface area contributed by atoms with Crippen molar-refractivity contribution in [1.29, 1.82) is 0 Å². The van der Waals surface area contributed by atoms with E-state index in [1.165, 1.54) is 0 Å². The van der Waals surface area contributed by atoms with Gasteiger partial charge in [0.2, 0.25) is 5.82 Å². The molecule has 0 amide bonds. The molecule has 88 valence electrons. The molecular formula is C12H18N2O2. The van der Waals surface area contributed by atoms with E-state index in [4.69, 9.17) is 5.11 Å². The predicted octanol–water partition coefficient (Wildman–Crippen LogP) is 2.22. The first kappa shape index (κ1) is 11.2. The van der Waals surface area contributed by atoms with Gasteiger partial charge in [-0.15, -0.1) is 0 Å². The topological polar surface area (TPSA) is 55.1 Å². The fourth-order valence-electron chi connectivity index (χ4n) is 2.31. The summed E-state index contributed by atoms with van der Waals surface area (Å²) < 4.78 is 1.88. The van der Waals surface area contributed by atoms with E-state index in [9.17, 15) is 4.79 Å². The van der Waals surface area contributed by atoms with Crippen LogP contribution in [0.1, 0.15) is 55.6 Å². The van der Waals surface area contributed by atoms with E-state index in [0.29, 0.717) is 0 Å². The molecule has 0 aromatic carbocycles. The van der Waals surface area contributed by atoms with Gasteiger partial charge in [-0.25, -0.2) is 9.78 Å². The average molecular weight is 222 g/mol. The second-order valence-corrected chi connectivity index (χ2v) is 5.39. The van der Waals surface area contributed by atoms with Crippen LogP contribution >= 0.6 is 0 Å². The molecule has 0 atom stereocenters. The molecule has 0 radical (unpaired) electrons. The Kier molecular flexibility index (Phi) is 2.52. The summed E-state index contributed by atoms with van der Waals surface area (Å²) in [7, 11) is 0. The summed E-state index contributed by atoms with van der Waals surface area (Å²) in [4.78, 5) is 15.5. The van der Waals surface area contributed by atoms with Crippen molar-refractivity contribution in [2.45, 2.75) is 52.0 Å². The van der Waals surface area contributed by atoms with Crippen molar-refractivity contribution in [1.82, 2.24) is 9.55 Å². The predicted molar refractivity (Wildman–Crippen MR) is 60.8 cm³/mol. The summed E-state index contributed by atoms with van der Waals surface area (Å²) in [6.45, 7) is 7.03. The van der Waals surface area contributed by atoms with E-state index >= 15 is 0 Å². The number of aromatic carboxylic acids is 1. The number of carboxylic acid groups (broad SMARTS) is 1. The average Bonchev–Trinajstić information content (AvgIpc) is 2.56. The lowest BCUT2D eigenvalue weighted by molar-refractivity contribution is 0.0676. The van der Waals surface area contributed by atoms with Gasteiger partial charge in [0.05, 0.1) is 5.69 Å². The van der Waals surface area contributed by atoms with Crippen molar-refractivity contribution >= 4 is 5.97 Å². The number of rotatable bonds is 1. The van der Waals surface area contributed by atoms with Crippen LogP contribution in [0.5, 0.6) is 0 Å². The lowest BCUT2D eigenvalue weighted by atomic mass is 9.89. The molecule has 0 unspecified atom stereocenters. The van der Waals surface area contributed by atoms with Crippen LogP contribution in [0.3, 0.4) is 0 Å². The van der Waals surface area contributed by atoms with Gasteiger partial charge in [-0.1, -0.05) is 20.8 Å². The van der Waals surface area contributed by atoms with Gasteiger partial charge in [0.15, 0.2) is 0 Å². The fraction of sp³-hybridized carbons (Fsp3) is 0.667. The van der Waals surface area contributed by atoms with Crippen LogP contribution in [0.2, 0.25) is 0 Å². The Labute approximate surface area is 95.3 Å². The molecule has 4 nitrogen and oxygen atoms in total. The van der Waals surface area contributed by atoms with E-state index in [-0.39, 0.29) is 11.2 Å². The maximum atomic E-state index is 11.1. The van der Waals surface area contributed by atoms with Crippen LogP contribution in [0, 0.1) is 0 Å². The highest BCUT2D eigenvalue weighted by molar-refractivity contribution is 5.84. The summed E-state index contributed by atoms with van der Waals surface area (Å²) in [5.41, 5.74) is 1.99. The molecule has 4 heteroatoms. The maximum absolute atomic E-state index is 11.1. The molecule has 0 spiro atoms. The molecule has 1 aromatic heterocycles. The first-order chi connectivity index (χ1) is 7.41. The number of nitrogens with zero attached hydrogens (tertiary/aromatic N) is 2. The van der Waals surface area contributed by atoms with Gasteiger partial charge in [-0.05, 0) is 19.3 Å². The van der Waals surface area contributed by atoms with Gasteiger partial charge < -0.3 is 9.67 Å². The second-order valence-electron chi connectivity index (χ2n) is 5.39. The second kappa shape index (κ2) is 3.61. The minimum atomic E-state index is -0.918. The van der Waals surface area contributed by atoms with Crippen molar-refractivity contribution < 1.29 is 9.90 Å². The van der Waals surface area contributed by atoms with E-state index in [2.05, 4.69) is 25.8 Å². The molecular weight excluding hydrogens is 204 g/mol. The molecule has 0 aliphatic carbocycles. The van der Waals surface area contributed by atoms with E-state index in [0.717, 1.165) is 37.2 Å². The van der Waals surface area contributed by atoms with Crippen molar-refractivity contribution in [2.24, 2.45) is 0 Å². The molecule has 0 bridgehead atoms. The lowest BCUT2D eigenvalue weighted by Crippen LogP contribution is -2.19. The Bertz CT molecular complexity index is 427. The van der Waals surface area contributed by atoms with Gasteiger partial charge in [0, 0.05) is 17.7 Å². The highest BCUT2D eigenvalue weighted by Gasteiger charge is 2.29. The third-order valence-corrected chi connectivity index (χ3v) is 3.02. The van der Waals surface area contributed by atoms with Gasteiger partial charge in [0.25, 0.3) is 0 Å². The Morgan fingerprint density at radius 3 is 2.62 bits per heavy atom. The molecule has 0 fully saturated rings. The normalized spacial score (nSPS) is 15.9. The molecule has 1 aliphatic heterocycles. The summed E-state index contributed by atoms with van der Waals surface area (Å²) >= 11 is 0. The number of hydrogen-bond donors (Lipinski definition) is 1. The molecule has 16 heavy (non-hydrogen) atoms. The maximum Gasteiger partial charge on any atom is 0.372 e. The van der Waals surface area contributed by atoms with Crippen molar-refractivity contribution in [3.63, 3.8) is 0 Å². The number of carboxylic acids is 1. The van der Waals surface area contributed by atoms with Gasteiger partial charge >= 0.3 is 5.97 Å². The van der Waals surface area contributed by atoms with E-state index in [1.807, 2.05) is 4.57 Å². The number of carbonyl (C=O) groups is 1. The molecule has 0 saturated heterocycles. The number of hydrogen-bond acceptors (Lipinski definition) is 2. The summed E-state index contributed by atoms with van der Waals surface area (Å²) in [6, 6.07) is 0. The Morgan fingerprint density at radius 1 is 1.38 bits per heavy atom. The Morgan fingerprint density at radius 2 is 2.06 bits per heavy atom. The third-order valence-electron chi connectivity index (χ3n) is 3.02. The molecule has 1 aromatic rings. The van der Waals surface area contributed by atoms with Crippen LogP contribution in [-0.4, -0.2) is 20.6 Å². The zero-order valence-electron chi connectivity index (χ0n) is 10.1. The monoisotopic (exact) mass is 222 g/mol. The number of aromatic nitrogens is 2. The van der Waals surface area contributed by atoms with E-state index < -0.39 is 5.97 Å². The van der Waals surface area contributed by atoms with Crippen molar-refractivity contribution in [3.05, 3.63) is 17.2 Å².